The van der Waals surface area contributed by atoms with Crippen molar-refractivity contribution in [2.24, 2.45) is 0 Å². The molecule has 1 saturated heterocycles. The lowest BCUT2D eigenvalue weighted by Crippen LogP contribution is -2.60. The van der Waals surface area contributed by atoms with Gasteiger partial charge in [0.05, 0.1) is 19.8 Å². The van der Waals surface area contributed by atoms with Crippen molar-refractivity contribution >= 4 is 16.4 Å². The van der Waals surface area contributed by atoms with E-state index in [9.17, 15) is 28.5 Å². The molecule has 1 fully saturated rings. The number of aliphatic hydroxyl groups is 3. The van der Waals surface area contributed by atoms with E-state index in [1.165, 1.54) is 44.9 Å². The Morgan fingerprint density at radius 3 is 1.82 bits per heavy atom. The Kier molecular flexibility index (Phi) is 32.2. The summed E-state index contributed by atoms with van der Waals surface area (Å²) in [5.41, 5.74) is 0. The minimum Gasteiger partial charge on any atom is -0.457 e. The Morgan fingerprint density at radius 2 is 1.23 bits per heavy atom. The molecule has 1 heterocycles. The fourth-order valence-corrected chi connectivity index (χ4v) is 6.46. The monoisotopic (exact) mass is 814 g/mol. The van der Waals surface area contributed by atoms with Crippen LogP contribution >= 0.6 is 0 Å². The lowest BCUT2D eigenvalue weighted by molar-refractivity contribution is -0.301. The van der Waals surface area contributed by atoms with Crippen molar-refractivity contribution in [2.75, 3.05) is 26.4 Å². The molecule has 6 atom stereocenters. The van der Waals surface area contributed by atoms with Gasteiger partial charge in [0, 0.05) is 13.0 Å². The number of hydrogen-bond acceptors (Lipinski definition) is 11. The summed E-state index contributed by atoms with van der Waals surface area (Å²) in [5.74, 6) is -0.444. The summed E-state index contributed by atoms with van der Waals surface area (Å²) < 4.78 is 58.9. The van der Waals surface area contributed by atoms with Gasteiger partial charge in [0.25, 0.3) is 0 Å². The predicted molar refractivity (Wildman–Crippen MR) is 220 cm³/mol. The van der Waals surface area contributed by atoms with Crippen LogP contribution in [-0.2, 0) is 38.3 Å². The summed E-state index contributed by atoms with van der Waals surface area (Å²) in [4.78, 5) is 12.8. The van der Waals surface area contributed by atoms with Crippen LogP contribution in [0.2, 0.25) is 0 Å². The fraction of sp³-hybridized carbons (Fsp3) is 0.744. The molecular formula is C43H74O12S. The van der Waals surface area contributed by atoms with E-state index >= 15 is 0 Å². The molecule has 324 valence electrons. The molecule has 0 aromatic heterocycles. The molecule has 6 unspecified atom stereocenters. The zero-order chi connectivity index (χ0) is 41.1. The highest BCUT2D eigenvalue weighted by Gasteiger charge is 2.48. The van der Waals surface area contributed by atoms with Gasteiger partial charge < -0.3 is 34.3 Å². The maximum atomic E-state index is 12.8. The standard InChI is InChI=1S/C43H74O12S/c1-3-5-7-9-11-13-15-17-19-20-22-24-26-28-30-32-39(45)53-37(35-51-33-31-29-27-25-23-21-18-16-14-12-10-8-6-4-2)36-52-43-41(47)42(55-56(48,49)50)40(46)38(34-44)54-43/h5,7,11,13-14,16-17,19,22,24,37-38,40-44,46-47H,3-4,6,8-10,12,15,18,20-21,23,25-36H2,1-2H3,(H,48,49,50)/b7-5-,13-11-,16-14-,19-17-,24-22-. The normalized spacial score (nSPS) is 21.4. The van der Waals surface area contributed by atoms with Gasteiger partial charge in [0.1, 0.15) is 30.5 Å². The van der Waals surface area contributed by atoms with Crippen LogP contribution in [0.15, 0.2) is 60.8 Å². The topological polar surface area (TPSA) is 178 Å². The van der Waals surface area contributed by atoms with Crippen molar-refractivity contribution in [1.29, 1.82) is 0 Å². The predicted octanol–water partition coefficient (Wildman–Crippen LogP) is 8.18. The first-order valence-electron chi connectivity index (χ1n) is 21.0. The van der Waals surface area contributed by atoms with Crippen molar-refractivity contribution < 1.29 is 56.2 Å². The van der Waals surface area contributed by atoms with Gasteiger partial charge in [-0.2, -0.15) is 8.42 Å². The number of hydrogen-bond donors (Lipinski definition) is 4. The van der Waals surface area contributed by atoms with Gasteiger partial charge in [-0.1, -0.05) is 120 Å². The van der Waals surface area contributed by atoms with E-state index in [2.05, 4.69) is 78.8 Å². The average Bonchev–Trinajstić information content (AvgIpc) is 3.17. The smallest absolute Gasteiger partial charge is 0.397 e. The Balaban J connectivity index is 2.52. The van der Waals surface area contributed by atoms with Gasteiger partial charge in [-0.25, -0.2) is 4.18 Å². The molecule has 13 heteroatoms. The Bertz CT molecular complexity index is 1220. The number of aliphatic hydroxyl groups excluding tert-OH is 3. The van der Waals surface area contributed by atoms with E-state index in [1.54, 1.807) is 0 Å². The van der Waals surface area contributed by atoms with Crippen molar-refractivity contribution in [3.05, 3.63) is 60.8 Å². The highest BCUT2D eigenvalue weighted by molar-refractivity contribution is 7.80. The second-order valence-electron chi connectivity index (χ2n) is 14.2. The number of esters is 1. The van der Waals surface area contributed by atoms with Crippen LogP contribution < -0.4 is 0 Å². The molecule has 56 heavy (non-hydrogen) atoms. The summed E-state index contributed by atoms with van der Waals surface area (Å²) in [5, 5.41) is 30.6. The molecule has 0 radical (unpaired) electrons. The molecule has 12 nitrogen and oxygen atoms in total. The van der Waals surface area contributed by atoms with Crippen LogP contribution in [0.5, 0.6) is 0 Å². The van der Waals surface area contributed by atoms with Crippen LogP contribution in [0.3, 0.4) is 0 Å². The quantitative estimate of drug-likeness (QED) is 0.0209. The Hall–Kier alpha value is -2.20. The number of carbonyl (C=O) groups excluding carboxylic acids is 1. The first-order valence-corrected chi connectivity index (χ1v) is 22.4. The van der Waals surface area contributed by atoms with Gasteiger partial charge >= 0.3 is 16.4 Å². The van der Waals surface area contributed by atoms with E-state index in [0.717, 1.165) is 70.6 Å². The van der Waals surface area contributed by atoms with Gasteiger partial charge in [-0.3, -0.25) is 9.35 Å². The van der Waals surface area contributed by atoms with Crippen molar-refractivity contribution in [3.8, 4) is 0 Å². The maximum Gasteiger partial charge on any atom is 0.397 e. The minimum atomic E-state index is -5.07. The van der Waals surface area contributed by atoms with Gasteiger partial charge in [0.2, 0.25) is 0 Å². The third kappa shape index (κ3) is 28.2. The molecule has 0 saturated carbocycles. The number of ether oxygens (including phenoxy) is 4. The van der Waals surface area contributed by atoms with E-state index in [0.29, 0.717) is 13.0 Å². The molecular weight excluding hydrogens is 741 g/mol. The molecule has 1 rings (SSSR count). The highest BCUT2D eigenvalue weighted by Crippen LogP contribution is 2.26. The molecule has 0 aromatic rings. The lowest BCUT2D eigenvalue weighted by Gasteiger charge is -2.41. The largest absolute Gasteiger partial charge is 0.457 e. The Labute approximate surface area is 338 Å². The zero-order valence-electron chi connectivity index (χ0n) is 34.2. The van der Waals surface area contributed by atoms with E-state index in [-0.39, 0.29) is 19.6 Å². The minimum absolute atomic E-state index is 0.0122. The number of carbonyl (C=O) groups is 1. The van der Waals surface area contributed by atoms with E-state index < -0.39 is 59.8 Å². The number of rotatable bonds is 35. The third-order valence-electron chi connectivity index (χ3n) is 9.12. The maximum absolute atomic E-state index is 12.8. The summed E-state index contributed by atoms with van der Waals surface area (Å²) in [7, 11) is -5.07. The van der Waals surface area contributed by atoms with Crippen LogP contribution in [-0.4, -0.2) is 97.5 Å². The summed E-state index contributed by atoms with van der Waals surface area (Å²) in [6.07, 6.45) is 32.6. The number of allylic oxidation sites excluding steroid dienone is 10. The Morgan fingerprint density at radius 1 is 0.696 bits per heavy atom. The molecule has 1 aliphatic heterocycles. The SMILES string of the molecule is CC/C=C\C/C=C\C/C=C\C/C=C\CCCCC(=O)OC(COCCCCCCCC/C=C\CCCCCC)COC1OC(CO)C(O)C(OS(=O)(=O)O)C1O. The van der Waals surface area contributed by atoms with Gasteiger partial charge in [-0.05, 0) is 77.0 Å². The van der Waals surface area contributed by atoms with Crippen molar-refractivity contribution in [3.63, 3.8) is 0 Å². The molecule has 0 spiro atoms. The summed E-state index contributed by atoms with van der Waals surface area (Å²) in [6, 6.07) is 0. The molecule has 4 N–H and O–H groups in total. The molecule has 0 aliphatic carbocycles. The van der Waals surface area contributed by atoms with Gasteiger partial charge in [-0.15, -0.1) is 0 Å². The van der Waals surface area contributed by atoms with E-state index in [4.69, 9.17) is 23.5 Å². The van der Waals surface area contributed by atoms with Crippen LogP contribution in [0.25, 0.3) is 0 Å². The van der Waals surface area contributed by atoms with Crippen molar-refractivity contribution in [2.45, 2.75) is 179 Å². The third-order valence-corrected chi connectivity index (χ3v) is 9.59. The van der Waals surface area contributed by atoms with Crippen LogP contribution in [0.4, 0.5) is 0 Å². The second kappa shape index (κ2) is 34.8. The lowest BCUT2D eigenvalue weighted by atomic mass is 9.99. The summed E-state index contributed by atoms with van der Waals surface area (Å²) in [6.45, 7) is 3.77. The first-order chi connectivity index (χ1) is 27.1. The number of unbranched alkanes of at least 4 members (excludes halogenated alkanes) is 12. The van der Waals surface area contributed by atoms with E-state index in [1.807, 2.05) is 0 Å². The fourth-order valence-electron chi connectivity index (χ4n) is 5.95. The summed E-state index contributed by atoms with van der Waals surface area (Å²) >= 11 is 0. The second-order valence-corrected chi connectivity index (χ2v) is 15.2. The zero-order valence-corrected chi connectivity index (χ0v) is 35.0. The molecule has 1 aliphatic rings. The molecule has 0 amide bonds. The van der Waals surface area contributed by atoms with Gasteiger partial charge in [0.15, 0.2) is 6.29 Å². The first kappa shape index (κ1) is 51.8. The van der Waals surface area contributed by atoms with Crippen molar-refractivity contribution in [1.82, 2.24) is 0 Å². The molecule has 0 aromatic carbocycles. The average molecular weight is 815 g/mol. The molecule has 0 bridgehead atoms. The highest BCUT2D eigenvalue weighted by atomic mass is 32.3. The van der Waals surface area contributed by atoms with Crippen LogP contribution in [0.1, 0.15) is 142 Å². The van der Waals surface area contributed by atoms with Crippen LogP contribution in [0, 0.1) is 0 Å².